The van der Waals surface area contributed by atoms with Crippen LogP contribution in [0, 0.1) is 0 Å². The molecule has 0 radical (unpaired) electrons. The Bertz CT molecular complexity index is 343. The van der Waals surface area contributed by atoms with E-state index in [0.717, 1.165) is 23.9 Å². The van der Waals surface area contributed by atoms with Crippen molar-refractivity contribution in [2.24, 2.45) is 0 Å². The lowest BCUT2D eigenvalue weighted by molar-refractivity contribution is 0.619. The van der Waals surface area contributed by atoms with Gasteiger partial charge in [-0.05, 0) is 26.5 Å². The molecule has 1 unspecified atom stereocenters. The van der Waals surface area contributed by atoms with E-state index in [-0.39, 0.29) is 0 Å². The van der Waals surface area contributed by atoms with E-state index in [1.54, 1.807) is 0 Å². The summed E-state index contributed by atoms with van der Waals surface area (Å²) in [4.78, 5) is 10.9. The summed E-state index contributed by atoms with van der Waals surface area (Å²) in [6.45, 7) is 7.43. The molecule has 1 rings (SSSR count). The van der Waals surface area contributed by atoms with Gasteiger partial charge in [-0.15, -0.1) is 0 Å². The summed E-state index contributed by atoms with van der Waals surface area (Å²) in [6, 6.07) is 2.31. The van der Waals surface area contributed by atoms with E-state index in [1.165, 1.54) is 11.8 Å². The minimum atomic E-state index is 0.467. The zero-order valence-electron chi connectivity index (χ0n) is 10.4. The van der Waals surface area contributed by atoms with Crippen LogP contribution < -0.4 is 10.6 Å². The number of hydrogen-bond acceptors (Lipinski definition) is 5. The fourth-order valence-electron chi connectivity index (χ4n) is 1.59. The minimum Gasteiger partial charge on any atom is -0.383 e. The number of hydrogen-bond donors (Lipinski definition) is 1. The smallest absolute Gasteiger partial charge is 0.191 e. The maximum absolute atomic E-state index is 5.78. The molecule has 5 heteroatoms. The van der Waals surface area contributed by atoms with E-state index in [2.05, 4.69) is 35.6 Å². The molecule has 0 spiro atoms. The number of nitrogens with two attached hydrogens (primary N) is 1. The van der Waals surface area contributed by atoms with Crippen LogP contribution in [-0.4, -0.2) is 28.8 Å². The summed E-state index contributed by atoms with van der Waals surface area (Å²) in [5.41, 5.74) is 5.78. The molecule has 0 amide bonds. The molecule has 0 saturated carbocycles. The van der Waals surface area contributed by atoms with Crippen LogP contribution in [0.4, 0.5) is 11.6 Å². The van der Waals surface area contributed by atoms with Gasteiger partial charge in [-0.2, -0.15) is 0 Å². The van der Waals surface area contributed by atoms with Gasteiger partial charge in [0.05, 0.1) is 0 Å². The van der Waals surface area contributed by atoms with Crippen LogP contribution in [0.25, 0.3) is 0 Å². The lowest BCUT2D eigenvalue weighted by atomic mass is 10.2. The highest BCUT2D eigenvalue weighted by Gasteiger charge is 2.13. The van der Waals surface area contributed by atoms with E-state index in [0.29, 0.717) is 11.9 Å². The highest BCUT2D eigenvalue weighted by molar-refractivity contribution is 7.98. The molecule has 0 bridgehead atoms. The normalized spacial score (nSPS) is 12.5. The number of anilines is 2. The van der Waals surface area contributed by atoms with Crippen molar-refractivity contribution >= 4 is 23.4 Å². The van der Waals surface area contributed by atoms with Gasteiger partial charge >= 0.3 is 0 Å². The lowest BCUT2D eigenvalue weighted by Gasteiger charge is -2.28. The second kappa shape index (κ2) is 5.94. The van der Waals surface area contributed by atoms with Gasteiger partial charge in [-0.1, -0.05) is 18.7 Å². The standard InChI is InChI=1S/C11H20N4S/c1-5-8(3)15(6-2)10-7-9(12)13-11(14-10)16-4/h7-8H,5-6H2,1-4H3,(H2,12,13,14). The molecule has 1 aromatic heterocycles. The van der Waals surface area contributed by atoms with Gasteiger partial charge in [0.15, 0.2) is 5.16 Å². The van der Waals surface area contributed by atoms with E-state index in [4.69, 9.17) is 5.73 Å². The Labute approximate surface area is 102 Å². The van der Waals surface area contributed by atoms with Crippen molar-refractivity contribution in [3.05, 3.63) is 6.07 Å². The Kier molecular flexibility index (Phi) is 4.86. The van der Waals surface area contributed by atoms with Gasteiger partial charge in [-0.3, -0.25) is 0 Å². The topological polar surface area (TPSA) is 55.0 Å². The number of aromatic nitrogens is 2. The average molecular weight is 240 g/mol. The molecule has 0 fully saturated rings. The molecule has 0 aliphatic rings. The molecular formula is C11H20N4S. The van der Waals surface area contributed by atoms with Crippen molar-refractivity contribution in [1.29, 1.82) is 0 Å². The largest absolute Gasteiger partial charge is 0.383 e. The first-order chi connectivity index (χ1) is 7.62. The van der Waals surface area contributed by atoms with Crippen LogP contribution in [-0.2, 0) is 0 Å². The first-order valence-electron chi connectivity index (χ1n) is 5.57. The van der Waals surface area contributed by atoms with Gasteiger partial charge in [-0.25, -0.2) is 9.97 Å². The molecule has 1 heterocycles. The summed E-state index contributed by atoms with van der Waals surface area (Å²) >= 11 is 1.52. The second-order valence-electron chi connectivity index (χ2n) is 3.68. The van der Waals surface area contributed by atoms with Crippen LogP contribution >= 0.6 is 11.8 Å². The molecule has 0 aliphatic heterocycles. The van der Waals surface area contributed by atoms with Crippen molar-refractivity contribution in [3.8, 4) is 0 Å². The quantitative estimate of drug-likeness (QED) is 0.632. The summed E-state index contributed by atoms with van der Waals surface area (Å²) in [5, 5.41) is 0.733. The Morgan fingerprint density at radius 1 is 1.44 bits per heavy atom. The van der Waals surface area contributed by atoms with Crippen molar-refractivity contribution in [2.45, 2.75) is 38.4 Å². The zero-order valence-corrected chi connectivity index (χ0v) is 11.2. The predicted molar refractivity (Wildman–Crippen MR) is 71.0 cm³/mol. The highest BCUT2D eigenvalue weighted by Crippen LogP contribution is 2.21. The van der Waals surface area contributed by atoms with Crippen molar-refractivity contribution < 1.29 is 0 Å². The third-order valence-corrected chi connectivity index (χ3v) is 3.20. The van der Waals surface area contributed by atoms with E-state index < -0.39 is 0 Å². The first kappa shape index (κ1) is 13.1. The Balaban J connectivity index is 3.04. The second-order valence-corrected chi connectivity index (χ2v) is 4.45. The molecule has 4 nitrogen and oxygen atoms in total. The van der Waals surface area contributed by atoms with Crippen molar-refractivity contribution in [3.63, 3.8) is 0 Å². The number of rotatable bonds is 5. The summed E-state index contributed by atoms with van der Waals surface area (Å²) in [6.07, 6.45) is 3.05. The summed E-state index contributed by atoms with van der Waals surface area (Å²) in [5.74, 6) is 1.46. The lowest BCUT2D eigenvalue weighted by Crippen LogP contribution is -2.33. The van der Waals surface area contributed by atoms with Gasteiger partial charge in [0, 0.05) is 18.7 Å². The first-order valence-corrected chi connectivity index (χ1v) is 6.80. The number of thioether (sulfide) groups is 1. The SMILES string of the molecule is CCC(C)N(CC)c1cc(N)nc(SC)n1. The fraction of sp³-hybridized carbons (Fsp3) is 0.636. The summed E-state index contributed by atoms with van der Waals surface area (Å²) in [7, 11) is 0. The predicted octanol–water partition coefficient (Wildman–Crippen LogP) is 2.41. The molecule has 1 atom stereocenters. The molecule has 90 valence electrons. The van der Waals surface area contributed by atoms with Crippen molar-refractivity contribution in [2.75, 3.05) is 23.4 Å². The maximum Gasteiger partial charge on any atom is 0.191 e. The van der Waals surface area contributed by atoms with E-state index in [9.17, 15) is 0 Å². The minimum absolute atomic E-state index is 0.467. The van der Waals surface area contributed by atoms with E-state index in [1.807, 2.05) is 12.3 Å². The average Bonchev–Trinajstić information content (AvgIpc) is 2.29. The Hall–Kier alpha value is -0.970. The monoisotopic (exact) mass is 240 g/mol. The zero-order chi connectivity index (χ0) is 12.1. The van der Waals surface area contributed by atoms with Gasteiger partial charge in [0.25, 0.3) is 0 Å². The molecule has 16 heavy (non-hydrogen) atoms. The van der Waals surface area contributed by atoms with Crippen LogP contribution in [0.15, 0.2) is 11.2 Å². The fourth-order valence-corrected chi connectivity index (χ4v) is 1.97. The number of nitrogen functional groups attached to an aromatic ring is 1. The molecule has 0 aliphatic carbocycles. The van der Waals surface area contributed by atoms with E-state index >= 15 is 0 Å². The van der Waals surface area contributed by atoms with Crippen LogP contribution in [0.5, 0.6) is 0 Å². The third kappa shape index (κ3) is 3.01. The molecular weight excluding hydrogens is 220 g/mol. The maximum atomic E-state index is 5.78. The summed E-state index contributed by atoms with van der Waals surface area (Å²) < 4.78 is 0. The highest BCUT2D eigenvalue weighted by atomic mass is 32.2. The number of nitrogens with zero attached hydrogens (tertiary/aromatic N) is 3. The Morgan fingerprint density at radius 3 is 2.62 bits per heavy atom. The molecule has 1 aromatic rings. The van der Waals surface area contributed by atoms with Gasteiger partial charge in [0.2, 0.25) is 0 Å². The molecule has 2 N–H and O–H groups in total. The van der Waals surface area contributed by atoms with Gasteiger partial charge < -0.3 is 10.6 Å². The van der Waals surface area contributed by atoms with Crippen LogP contribution in [0.1, 0.15) is 27.2 Å². The molecule has 0 saturated heterocycles. The van der Waals surface area contributed by atoms with Gasteiger partial charge in [0.1, 0.15) is 11.6 Å². The third-order valence-electron chi connectivity index (χ3n) is 2.65. The van der Waals surface area contributed by atoms with Crippen molar-refractivity contribution in [1.82, 2.24) is 9.97 Å². The van der Waals surface area contributed by atoms with Crippen LogP contribution in [0.3, 0.4) is 0 Å². The van der Waals surface area contributed by atoms with Crippen LogP contribution in [0.2, 0.25) is 0 Å². The Morgan fingerprint density at radius 2 is 2.12 bits per heavy atom. The molecule has 0 aromatic carbocycles.